The molecule has 2 aromatic rings. The van der Waals surface area contributed by atoms with E-state index < -0.39 is 24.3 Å². The van der Waals surface area contributed by atoms with Gasteiger partial charge in [0.1, 0.15) is 11.6 Å². The lowest BCUT2D eigenvalue weighted by Crippen LogP contribution is -2.20. The Morgan fingerprint density at radius 3 is 2.78 bits per heavy atom. The monoisotopic (exact) mass is 401 g/mol. The van der Waals surface area contributed by atoms with Crippen LogP contribution < -0.4 is 5.32 Å². The van der Waals surface area contributed by atoms with Crippen molar-refractivity contribution >= 4 is 51.2 Å². The number of anilines is 1. The molecule has 1 amide bonds. The van der Waals surface area contributed by atoms with Crippen molar-refractivity contribution in [1.82, 2.24) is 0 Å². The summed E-state index contributed by atoms with van der Waals surface area (Å²) >= 11 is 8.72. The number of halogens is 3. The summed E-state index contributed by atoms with van der Waals surface area (Å²) in [4.78, 5) is 23.1. The largest absolute Gasteiger partial charge is 0.452 e. The van der Waals surface area contributed by atoms with E-state index >= 15 is 0 Å². The third kappa shape index (κ3) is 5.54. The lowest BCUT2D eigenvalue weighted by atomic mass is 10.3. The van der Waals surface area contributed by atoms with Crippen molar-refractivity contribution in [3.63, 3.8) is 0 Å². The van der Waals surface area contributed by atoms with Crippen LogP contribution in [0.2, 0.25) is 5.02 Å². The number of esters is 1. The molecule has 0 bridgehead atoms. The molecular weight excluding hydrogens is 393 g/mol. The average molecular weight is 403 g/mol. The molecule has 8 heteroatoms. The van der Waals surface area contributed by atoms with Crippen LogP contribution in [0.3, 0.4) is 0 Å². The summed E-state index contributed by atoms with van der Waals surface area (Å²) in [6, 6.07) is 7.04. The number of hydrogen-bond acceptors (Lipinski definition) is 4. The SMILES string of the molecule is O=C(COC(=O)/C=C/c1ccc(Br)o1)Nc1ccc(F)c(Cl)c1. The fourth-order valence-electron chi connectivity index (χ4n) is 1.52. The molecule has 5 nitrogen and oxygen atoms in total. The molecule has 0 radical (unpaired) electrons. The van der Waals surface area contributed by atoms with Gasteiger partial charge in [-0.25, -0.2) is 9.18 Å². The van der Waals surface area contributed by atoms with Gasteiger partial charge in [0.25, 0.3) is 5.91 Å². The van der Waals surface area contributed by atoms with E-state index in [0.29, 0.717) is 16.1 Å². The lowest BCUT2D eigenvalue weighted by Gasteiger charge is -2.06. The first-order chi connectivity index (χ1) is 10.9. The number of amides is 1. The van der Waals surface area contributed by atoms with Crippen LogP contribution in [-0.2, 0) is 14.3 Å². The molecule has 1 aromatic carbocycles. The molecule has 0 fully saturated rings. The molecule has 0 saturated heterocycles. The molecule has 0 aliphatic heterocycles. The van der Waals surface area contributed by atoms with Gasteiger partial charge in [-0.3, -0.25) is 4.79 Å². The highest BCUT2D eigenvalue weighted by molar-refractivity contribution is 9.10. The van der Waals surface area contributed by atoms with Crippen LogP contribution in [0.15, 0.2) is 45.5 Å². The van der Waals surface area contributed by atoms with Gasteiger partial charge in [-0.1, -0.05) is 11.6 Å². The van der Waals surface area contributed by atoms with Crippen LogP contribution >= 0.6 is 27.5 Å². The summed E-state index contributed by atoms with van der Waals surface area (Å²) < 4.78 is 23.4. The van der Waals surface area contributed by atoms with Gasteiger partial charge in [-0.15, -0.1) is 0 Å². The molecule has 0 saturated carbocycles. The van der Waals surface area contributed by atoms with Crippen molar-refractivity contribution in [3.8, 4) is 0 Å². The molecule has 0 spiro atoms. The molecule has 23 heavy (non-hydrogen) atoms. The molecule has 0 aliphatic carbocycles. The zero-order valence-electron chi connectivity index (χ0n) is 11.5. The van der Waals surface area contributed by atoms with Crippen molar-refractivity contribution < 1.29 is 23.1 Å². The smallest absolute Gasteiger partial charge is 0.331 e. The number of hydrogen-bond donors (Lipinski definition) is 1. The maximum atomic E-state index is 13.0. The quantitative estimate of drug-likeness (QED) is 0.606. The van der Waals surface area contributed by atoms with Gasteiger partial charge < -0.3 is 14.5 Å². The summed E-state index contributed by atoms with van der Waals surface area (Å²) in [6.45, 7) is -0.486. The van der Waals surface area contributed by atoms with Crippen molar-refractivity contribution in [2.75, 3.05) is 11.9 Å². The van der Waals surface area contributed by atoms with Gasteiger partial charge in [-0.2, -0.15) is 0 Å². The number of nitrogens with one attached hydrogen (secondary N) is 1. The Balaban J connectivity index is 1.80. The molecule has 0 unspecified atom stereocenters. The highest BCUT2D eigenvalue weighted by Gasteiger charge is 2.07. The Bertz CT molecular complexity index is 760. The Kier molecular flexibility index (Phi) is 5.95. The van der Waals surface area contributed by atoms with Gasteiger partial charge in [0, 0.05) is 11.8 Å². The minimum atomic E-state index is -0.704. The number of rotatable bonds is 5. The van der Waals surface area contributed by atoms with Gasteiger partial charge in [0.15, 0.2) is 11.3 Å². The summed E-state index contributed by atoms with van der Waals surface area (Å²) in [6.07, 6.45) is 2.54. The summed E-state index contributed by atoms with van der Waals surface area (Å²) in [5.74, 6) is -1.41. The van der Waals surface area contributed by atoms with E-state index in [4.69, 9.17) is 20.8 Å². The number of carbonyl (C=O) groups excluding carboxylic acids is 2. The predicted octanol–water partition coefficient (Wildman–Crippen LogP) is 4.03. The van der Waals surface area contributed by atoms with E-state index in [1.54, 1.807) is 12.1 Å². The first kappa shape index (κ1) is 17.2. The zero-order chi connectivity index (χ0) is 16.8. The van der Waals surface area contributed by atoms with Crippen LogP contribution in [0.1, 0.15) is 5.76 Å². The summed E-state index contributed by atoms with van der Waals surface area (Å²) in [5.41, 5.74) is 0.299. The normalized spacial score (nSPS) is 10.7. The molecule has 0 aliphatic rings. The molecule has 1 heterocycles. The van der Waals surface area contributed by atoms with Crippen molar-refractivity contribution in [3.05, 3.63) is 57.7 Å². The molecule has 0 atom stereocenters. The summed E-state index contributed by atoms with van der Waals surface area (Å²) in [7, 11) is 0. The van der Waals surface area contributed by atoms with Crippen molar-refractivity contribution in [2.45, 2.75) is 0 Å². The fraction of sp³-hybridized carbons (Fsp3) is 0.0667. The topological polar surface area (TPSA) is 68.5 Å². The zero-order valence-corrected chi connectivity index (χ0v) is 13.9. The average Bonchev–Trinajstić information content (AvgIpc) is 2.92. The second kappa shape index (κ2) is 7.94. The number of benzene rings is 1. The van der Waals surface area contributed by atoms with E-state index in [-0.39, 0.29) is 5.02 Å². The molecule has 1 N–H and O–H groups in total. The third-order valence-corrected chi connectivity index (χ3v) is 3.24. The Morgan fingerprint density at radius 2 is 2.13 bits per heavy atom. The fourth-order valence-corrected chi connectivity index (χ4v) is 2.02. The number of furan rings is 1. The number of carbonyl (C=O) groups is 2. The Labute approximate surface area is 144 Å². The van der Waals surface area contributed by atoms with E-state index in [1.807, 2.05) is 0 Å². The van der Waals surface area contributed by atoms with Crippen LogP contribution in [0.5, 0.6) is 0 Å². The minimum Gasteiger partial charge on any atom is -0.452 e. The lowest BCUT2D eigenvalue weighted by molar-refractivity contribution is -0.142. The highest BCUT2D eigenvalue weighted by atomic mass is 79.9. The van der Waals surface area contributed by atoms with Gasteiger partial charge >= 0.3 is 5.97 Å². The van der Waals surface area contributed by atoms with Gasteiger partial charge in [0.05, 0.1) is 5.02 Å². The van der Waals surface area contributed by atoms with Crippen molar-refractivity contribution in [1.29, 1.82) is 0 Å². The predicted molar refractivity (Wildman–Crippen MR) is 86.4 cm³/mol. The van der Waals surface area contributed by atoms with E-state index in [1.165, 1.54) is 18.2 Å². The van der Waals surface area contributed by atoms with Gasteiger partial charge in [-0.05, 0) is 52.3 Å². The number of ether oxygens (including phenoxy) is 1. The van der Waals surface area contributed by atoms with E-state index in [0.717, 1.165) is 12.1 Å². The second-order valence-corrected chi connectivity index (χ2v) is 5.45. The maximum Gasteiger partial charge on any atom is 0.331 e. The van der Waals surface area contributed by atoms with Crippen LogP contribution in [0.4, 0.5) is 10.1 Å². The van der Waals surface area contributed by atoms with E-state index in [2.05, 4.69) is 21.2 Å². The van der Waals surface area contributed by atoms with Crippen LogP contribution in [0, 0.1) is 5.82 Å². The van der Waals surface area contributed by atoms with Crippen LogP contribution in [-0.4, -0.2) is 18.5 Å². The highest BCUT2D eigenvalue weighted by Crippen LogP contribution is 2.19. The first-order valence-electron chi connectivity index (χ1n) is 6.29. The Hall–Kier alpha value is -2.12. The molecule has 2 rings (SSSR count). The third-order valence-electron chi connectivity index (χ3n) is 2.53. The van der Waals surface area contributed by atoms with Gasteiger partial charge in [0.2, 0.25) is 0 Å². The second-order valence-electron chi connectivity index (χ2n) is 4.26. The minimum absolute atomic E-state index is 0.118. The van der Waals surface area contributed by atoms with Crippen LogP contribution in [0.25, 0.3) is 6.08 Å². The maximum absolute atomic E-state index is 13.0. The molecule has 1 aromatic heterocycles. The van der Waals surface area contributed by atoms with Crippen molar-refractivity contribution in [2.24, 2.45) is 0 Å². The molecule has 120 valence electrons. The summed E-state index contributed by atoms with van der Waals surface area (Å²) in [5, 5.41) is 2.31. The Morgan fingerprint density at radius 1 is 1.35 bits per heavy atom. The molecular formula is C15H10BrClFNO4. The van der Waals surface area contributed by atoms with E-state index in [9.17, 15) is 14.0 Å². The first-order valence-corrected chi connectivity index (χ1v) is 7.46. The standard InChI is InChI=1S/C15H10BrClFNO4/c16-13-5-2-10(23-13)3-6-15(21)22-8-14(20)19-9-1-4-12(18)11(17)7-9/h1-7H,8H2,(H,19,20)/b6-3+.